The van der Waals surface area contributed by atoms with Crippen molar-refractivity contribution in [2.45, 2.75) is 24.2 Å². The van der Waals surface area contributed by atoms with E-state index in [2.05, 4.69) is 13.2 Å². The molecule has 0 aliphatic carbocycles. The third-order valence-corrected chi connectivity index (χ3v) is 3.52. The van der Waals surface area contributed by atoms with Crippen LogP contribution in [0.25, 0.3) is 0 Å². The fourth-order valence-corrected chi connectivity index (χ4v) is 2.40. The summed E-state index contributed by atoms with van der Waals surface area (Å²) >= 11 is 0. The third-order valence-electron chi connectivity index (χ3n) is 2.51. The summed E-state index contributed by atoms with van der Waals surface area (Å²) in [4.78, 5) is 0.212. The second kappa shape index (κ2) is 5.80. The Balaban J connectivity index is 2.78. The van der Waals surface area contributed by atoms with Crippen molar-refractivity contribution in [3.05, 3.63) is 54.6 Å². The van der Waals surface area contributed by atoms with Crippen LogP contribution in [0, 0.1) is 0 Å². The van der Waals surface area contributed by atoms with E-state index in [9.17, 15) is 8.42 Å². The highest BCUT2D eigenvalue weighted by Crippen LogP contribution is 2.17. The van der Waals surface area contributed by atoms with E-state index in [-0.39, 0.29) is 4.90 Å². The molecule has 0 heterocycles. The van der Waals surface area contributed by atoms with Crippen LogP contribution < -0.4 is 5.14 Å². The summed E-state index contributed by atoms with van der Waals surface area (Å²) in [5.74, 6) is 0. The predicted molar refractivity (Wildman–Crippen MR) is 70.1 cm³/mol. The van der Waals surface area contributed by atoms with Crippen LogP contribution in [0.3, 0.4) is 0 Å². The van der Waals surface area contributed by atoms with Crippen molar-refractivity contribution in [2.24, 2.45) is 5.14 Å². The molecule has 0 amide bonds. The second-order valence-corrected chi connectivity index (χ2v) is 5.40. The maximum atomic E-state index is 11.4. The van der Waals surface area contributed by atoms with Gasteiger partial charge in [-0.3, -0.25) is 0 Å². The lowest BCUT2D eigenvalue weighted by Crippen LogP contribution is -2.14. The maximum absolute atomic E-state index is 11.4. The van der Waals surface area contributed by atoms with Crippen LogP contribution in [-0.2, 0) is 16.4 Å². The van der Waals surface area contributed by atoms with Crippen LogP contribution in [0.2, 0.25) is 0 Å². The number of hydrogen-bond donors (Lipinski definition) is 1. The SMILES string of the molecule is C=CC(=C)CCCc1ccccc1S(N)(=O)=O. The van der Waals surface area contributed by atoms with E-state index in [1.54, 1.807) is 18.2 Å². The Morgan fingerprint density at radius 1 is 1.35 bits per heavy atom. The van der Waals surface area contributed by atoms with Gasteiger partial charge in [0.05, 0.1) is 4.90 Å². The van der Waals surface area contributed by atoms with Crippen molar-refractivity contribution in [2.75, 3.05) is 0 Å². The minimum absolute atomic E-state index is 0.212. The molecule has 0 aliphatic heterocycles. The molecule has 0 unspecified atom stereocenters. The summed E-state index contributed by atoms with van der Waals surface area (Å²) in [6.45, 7) is 7.44. The third kappa shape index (κ3) is 4.17. The summed E-state index contributed by atoms with van der Waals surface area (Å²) in [6.07, 6.45) is 4.02. The number of allylic oxidation sites excluding steroid dienone is 2. The molecule has 0 atom stereocenters. The fraction of sp³-hybridized carbons (Fsp3) is 0.231. The number of nitrogens with two attached hydrogens (primary N) is 1. The Labute approximate surface area is 103 Å². The first-order chi connectivity index (χ1) is 7.95. The highest BCUT2D eigenvalue weighted by atomic mass is 32.2. The van der Waals surface area contributed by atoms with E-state index in [1.807, 2.05) is 6.07 Å². The summed E-state index contributed by atoms with van der Waals surface area (Å²) in [5, 5.41) is 5.15. The van der Waals surface area contributed by atoms with Crippen molar-refractivity contribution in [3.8, 4) is 0 Å². The average molecular weight is 251 g/mol. The van der Waals surface area contributed by atoms with Gasteiger partial charge in [0, 0.05) is 0 Å². The molecular weight excluding hydrogens is 234 g/mol. The molecule has 1 aromatic rings. The van der Waals surface area contributed by atoms with Crippen molar-refractivity contribution < 1.29 is 8.42 Å². The van der Waals surface area contributed by atoms with E-state index in [0.717, 1.165) is 24.0 Å². The lowest BCUT2D eigenvalue weighted by Gasteiger charge is -2.07. The Bertz CT molecular complexity index is 518. The van der Waals surface area contributed by atoms with E-state index in [0.29, 0.717) is 6.42 Å². The first-order valence-electron chi connectivity index (χ1n) is 5.36. The summed E-state index contributed by atoms with van der Waals surface area (Å²) in [7, 11) is -3.63. The van der Waals surface area contributed by atoms with E-state index in [1.165, 1.54) is 6.07 Å². The Morgan fingerprint density at radius 2 is 2.00 bits per heavy atom. The molecule has 17 heavy (non-hydrogen) atoms. The molecule has 0 aliphatic rings. The lowest BCUT2D eigenvalue weighted by molar-refractivity contribution is 0.596. The summed E-state index contributed by atoms with van der Waals surface area (Å²) in [6, 6.07) is 6.81. The zero-order valence-corrected chi connectivity index (χ0v) is 10.5. The Morgan fingerprint density at radius 3 is 2.59 bits per heavy atom. The molecule has 4 heteroatoms. The van der Waals surface area contributed by atoms with E-state index < -0.39 is 10.0 Å². The maximum Gasteiger partial charge on any atom is 0.238 e. The number of primary sulfonamides is 1. The van der Waals surface area contributed by atoms with E-state index >= 15 is 0 Å². The molecule has 92 valence electrons. The number of aryl methyl sites for hydroxylation is 1. The molecule has 0 spiro atoms. The molecule has 1 aromatic carbocycles. The zero-order chi connectivity index (χ0) is 12.9. The van der Waals surface area contributed by atoms with Crippen LogP contribution in [-0.4, -0.2) is 8.42 Å². The standard InChI is InChI=1S/C13H17NO2S/c1-3-11(2)7-6-9-12-8-4-5-10-13(12)17(14,15)16/h3-5,8,10H,1-2,6-7,9H2,(H2,14,15,16). The summed E-state index contributed by atoms with van der Waals surface area (Å²) in [5.41, 5.74) is 1.71. The first-order valence-corrected chi connectivity index (χ1v) is 6.90. The lowest BCUT2D eigenvalue weighted by atomic mass is 10.1. The van der Waals surface area contributed by atoms with Gasteiger partial charge in [-0.25, -0.2) is 13.6 Å². The van der Waals surface area contributed by atoms with Crippen LogP contribution in [0.4, 0.5) is 0 Å². The highest BCUT2D eigenvalue weighted by molar-refractivity contribution is 7.89. The van der Waals surface area contributed by atoms with Crippen LogP contribution in [0.5, 0.6) is 0 Å². The predicted octanol–water partition coefficient (Wildman–Crippen LogP) is 2.40. The smallest absolute Gasteiger partial charge is 0.225 e. The molecule has 3 nitrogen and oxygen atoms in total. The number of rotatable bonds is 6. The topological polar surface area (TPSA) is 60.2 Å². The molecule has 0 fully saturated rings. The quantitative estimate of drug-likeness (QED) is 0.789. The zero-order valence-electron chi connectivity index (χ0n) is 9.72. The van der Waals surface area contributed by atoms with Gasteiger partial charge in [-0.2, -0.15) is 0 Å². The molecule has 0 bridgehead atoms. The highest BCUT2D eigenvalue weighted by Gasteiger charge is 2.12. The minimum Gasteiger partial charge on any atom is -0.225 e. The largest absolute Gasteiger partial charge is 0.238 e. The van der Waals surface area contributed by atoms with Crippen LogP contribution >= 0.6 is 0 Å². The van der Waals surface area contributed by atoms with Gasteiger partial charge in [0.15, 0.2) is 0 Å². The van der Waals surface area contributed by atoms with Crippen molar-refractivity contribution in [3.63, 3.8) is 0 Å². The van der Waals surface area contributed by atoms with Gasteiger partial charge in [-0.1, -0.05) is 43.0 Å². The fourth-order valence-electron chi connectivity index (χ4n) is 1.60. The number of hydrogen-bond acceptors (Lipinski definition) is 2. The van der Waals surface area contributed by atoms with Crippen LogP contribution in [0.1, 0.15) is 18.4 Å². The minimum atomic E-state index is -3.63. The first kappa shape index (κ1) is 13.7. The number of sulfonamides is 1. The van der Waals surface area contributed by atoms with E-state index in [4.69, 9.17) is 5.14 Å². The van der Waals surface area contributed by atoms with Gasteiger partial charge in [-0.15, -0.1) is 0 Å². The molecule has 0 saturated carbocycles. The van der Waals surface area contributed by atoms with Crippen molar-refractivity contribution >= 4 is 10.0 Å². The Hall–Kier alpha value is -1.39. The molecule has 0 aromatic heterocycles. The molecule has 2 N–H and O–H groups in total. The molecule has 1 rings (SSSR count). The molecule has 0 radical (unpaired) electrons. The normalized spacial score (nSPS) is 11.1. The van der Waals surface area contributed by atoms with Gasteiger partial charge < -0.3 is 0 Å². The average Bonchev–Trinajstić information content (AvgIpc) is 2.28. The monoisotopic (exact) mass is 251 g/mol. The van der Waals surface area contributed by atoms with Gasteiger partial charge in [0.1, 0.15) is 0 Å². The van der Waals surface area contributed by atoms with Gasteiger partial charge in [0.2, 0.25) is 10.0 Å². The second-order valence-electron chi connectivity index (χ2n) is 3.87. The molecular formula is C13H17NO2S. The Kier molecular flexibility index (Phi) is 4.66. The van der Waals surface area contributed by atoms with Crippen molar-refractivity contribution in [1.29, 1.82) is 0 Å². The molecule has 0 saturated heterocycles. The van der Waals surface area contributed by atoms with Gasteiger partial charge in [-0.05, 0) is 30.9 Å². The van der Waals surface area contributed by atoms with Crippen molar-refractivity contribution in [1.82, 2.24) is 0 Å². The van der Waals surface area contributed by atoms with Crippen LogP contribution in [0.15, 0.2) is 54.0 Å². The number of benzene rings is 1. The summed E-state index contributed by atoms with van der Waals surface area (Å²) < 4.78 is 22.7. The van der Waals surface area contributed by atoms with Gasteiger partial charge in [0.25, 0.3) is 0 Å². The van der Waals surface area contributed by atoms with Gasteiger partial charge >= 0.3 is 0 Å².